The van der Waals surface area contributed by atoms with Crippen LogP contribution in [0.2, 0.25) is 0 Å². The summed E-state index contributed by atoms with van der Waals surface area (Å²) in [7, 11) is 0. The molecule has 0 radical (unpaired) electrons. The summed E-state index contributed by atoms with van der Waals surface area (Å²) in [5.74, 6) is 0. The van der Waals surface area contributed by atoms with Crippen LogP contribution >= 0.6 is 27.3 Å². The van der Waals surface area contributed by atoms with E-state index in [1.807, 2.05) is 23.6 Å². The summed E-state index contributed by atoms with van der Waals surface area (Å²) >= 11 is 4.97. The molecule has 4 heteroatoms. The Morgan fingerprint density at radius 3 is 2.92 bits per heavy atom. The van der Waals surface area contributed by atoms with Crippen molar-refractivity contribution >= 4 is 27.3 Å². The van der Waals surface area contributed by atoms with Gasteiger partial charge in [-0.15, -0.1) is 11.3 Å². The Balaban J connectivity index is 2.48. The van der Waals surface area contributed by atoms with E-state index in [9.17, 15) is 0 Å². The number of hydrogen-bond acceptors (Lipinski definition) is 3. The molecule has 2 nitrogen and oxygen atoms in total. The number of nitrogens with zero attached hydrogens (tertiary/aromatic N) is 2. The van der Waals surface area contributed by atoms with Crippen molar-refractivity contribution in [2.24, 2.45) is 0 Å². The summed E-state index contributed by atoms with van der Waals surface area (Å²) in [5, 5.41) is 2.03. The summed E-state index contributed by atoms with van der Waals surface area (Å²) in [6, 6.07) is 5.96. The van der Waals surface area contributed by atoms with E-state index in [-0.39, 0.29) is 0 Å². The summed E-state index contributed by atoms with van der Waals surface area (Å²) < 4.78 is 0.820. The van der Waals surface area contributed by atoms with Crippen LogP contribution in [-0.2, 0) is 0 Å². The molecule has 12 heavy (non-hydrogen) atoms. The fourth-order valence-electron chi connectivity index (χ4n) is 0.893. The Bertz CT molecular complexity index is 372. The number of rotatable bonds is 1. The zero-order chi connectivity index (χ0) is 8.39. The van der Waals surface area contributed by atoms with Crippen LogP contribution < -0.4 is 0 Å². The molecule has 0 N–H and O–H groups in total. The van der Waals surface area contributed by atoms with Crippen molar-refractivity contribution in [3.05, 3.63) is 34.5 Å². The second-order valence-corrected chi connectivity index (χ2v) is 3.96. The summed E-state index contributed by atoms with van der Waals surface area (Å²) in [5.41, 5.74) is 0.965. The molecule has 0 saturated heterocycles. The molecule has 0 aliphatic rings. The molecule has 0 amide bonds. The van der Waals surface area contributed by atoms with Gasteiger partial charge < -0.3 is 0 Å². The zero-order valence-corrected chi connectivity index (χ0v) is 8.47. The van der Waals surface area contributed by atoms with Crippen molar-refractivity contribution in [3.8, 4) is 10.6 Å². The second-order valence-electron chi connectivity index (χ2n) is 2.20. The fraction of sp³-hybridized carbons (Fsp3) is 0. The quantitative estimate of drug-likeness (QED) is 0.717. The number of hydrogen-bond donors (Lipinski definition) is 0. The molecular formula is C8H5BrN2S. The third kappa shape index (κ3) is 1.54. The largest absolute Gasteiger partial charge is 0.235 e. The Morgan fingerprint density at radius 1 is 1.33 bits per heavy atom. The van der Waals surface area contributed by atoms with Crippen LogP contribution in [-0.4, -0.2) is 9.97 Å². The highest BCUT2D eigenvalue weighted by molar-refractivity contribution is 9.10. The normalized spacial score (nSPS) is 10.1. The van der Waals surface area contributed by atoms with Gasteiger partial charge in [-0.05, 0) is 33.4 Å². The molecule has 60 valence electrons. The van der Waals surface area contributed by atoms with Crippen LogP contribution in [0.3, 0.4) is 0 Å². The molecule has 0 aromatic carbocycles. The summed E-state index contributed by atoms with van der Waals surface area (Å²) in [6.45, 7) is 0. The molecule has 0 aliphatic carbocycles. The van der Waals surface area contributed by atoms with E-state index in [2.05, 4.69) is 25.9 Å². The van der Waals surface area contributed by atoms with E-state index in [0.29, 0.717) is 0 Å². The third-order valence-corrected chi connectivity index (χ3v) is 2.73. The predicted molar refractivity (Wildman–Crippen MR) is 53.0 cm³/mol. The van der Waals surface area contributed by atoms with Crippen LogP contribution in [0.1, 0.15) is 0 Å². The lowest BCUT2D eigenvalue weighted by atomic mass is 10.3. The predicted octanol–water partition coefficient (Wildman–Crippen LogP) is 2.97. The maximum Gasteiger partial charge on any atom is 0.117 e. The Morgan fingerprint density at radius 2 is 2.25 bits per heavy atom. The van der Waals surface area contributed by atoms with Gasteiger partial charge in [0, 0.05) is 0 Å². The van der Waals surface area contributed by atoms with E-state index in [0.717, 1.165) is 15.2 Å². The minimum absolute atomic E-state index is 0.820. The zero-order valence-electron chi connectivity index (χ0n) is 6.07. The smallest absolute Gasteiger partial charge is 0.117 e. The molecular weight excluding hydrogens is 236 g/mol. The first-order valence-corrected chi connectivity index (χ1v) is 5.05. The van der Waals surface area contributed by atoms with Gasteiger partial charge in [-0.2, -0.15) is 0 Å². The highest BCUT2D eigenvalue weighted by Gasteiger charge is 1.99. The Hall–Kier alpha value is -0.740. The van der Waals surface area contributed by atoms with E-state index in [1.165, 1.54) is 0 Å². The van der Waals surface area contributed by atoms with Crippen molar-refractivity contribution in [1.82, 2.24) is 9.97 Å². The van der Waals surface area contributed by atoms with E-state index in [1.54, 1.807) is 17.7 Å². The molecule has 0 bridgehead atoms. The molecule has 0 aliphatic heterocycles. The topological polar surface area (TPSA) is 25.8 Å². The standard InChI is InChI=1S/C8H5BrN2S/c9-8-4-6(10-5-11-8)7-2-1-3-12-7/h1-5H. The van der Waals surface area contributed by atoms with Crippen molar-refractivity contribution in [2.75, 3.05) is 0 Å². The maximum absolute atomic E-state index is 4.15. The third-order valence-electron chi connectivity index (χ3n) is 1.41. The van der Waals surface area contributed by atoms with Crippen LogP contribution in [0.4, 0.5) is 0 Å². The highest BCUT2D eigenvalue weighted by atomic mass is 79.9. The van der Waals surface area contributed by atoms with Crippen LogP contribution in [0.5, 0.6) is 0 Å². The van der Waals surface area contributed by atoms with E-state index in [4.69, 9.17) is 0 Å². The molecule has 2 heterocycles. The minimum Gasteiger partial charge on any atom is -0.235 e. The molecule has 0 unspecified atom stereocenters. The first-order chi connectivity index (χ1) is 5.86. The average Bonchev–Trinajstić information content (AvgIpc) is 2.56. The van der Waals surface area contributed by atoms with Gasteiger partial charge in [0.25, 0.3) is 0 Å². The number of thiophene rings is 1. The van der Waals surface area contributed by atoms with Crippen molar-refractivity contribution in [3.63, 3.8) is 0 Å². The first-order valence-electron chi connectivity index (χ1n) is 3.38. The average molecular weight is 241 g/mol. The highest BCUT2D eigenvalue weighted by Crippen LogP contribution is 2.23. The first kappa shape index (κ1) is 7.89. The molecule has 0 spiro atoms. The minimum atomic E-state index is 0.820. The number of halogens is 1. The summed E-state index contributed by atoms with van der Waals surface area (Å²) in [6.07, 6.45) is 1.55. The molecule has 2 aromatic rings. The molecule has 2 rings (SSSR count). The van der Waals surface area contributed by atoms with Gasteiger partial charge in [0.15, 0.2) is 0 Å². The molecule has 0 saturated carbocycles. The van der Waals surface area contributed by atoms with Gasteiger partial charge >= 0.3 is 0 Å². The lowest BCUT2D eigenvalue weighted by Gasteiger charge is -1.94. The SMILES string of the molecule is Brc1cc(-c2cccs2)ncn1. The fourth-order valence-corrected chi connectivity index (χ4v) is 1.89. The lowest BCUT2D eigenvalue weighted by molar-refractivity contribution is 1.15. The number of aromatic nitrogens is 2. The van der Waals surface area contributed by atoms with E-state index >= 15 is 0 Å². The van der Waals surface area contributed by atoms with Crippen LogP contribution in [0, 0.1) is 0 Å². The van der Waals surface area contributed by atoms with Crippen LogP contribution in [0.25, 0.3) is 10.6 Å². The Labute approximate surface area is 82.4 Å². The van der Waals surface area contributed by atoms with Crippen molar-refractivity contribution < 1.29 is 0 Å². The van der Waals surface area contributed by atoms with Crippen molar-refractivity contribution in [2.45, 2.75) is 0 Å². The van der Waals surface area contributed by atoms with Gasteiger partial charge in [-0.1, -0.05) is 6.07 Å². The van der Waals surface area contributed by atoms with Gasteiger partial charge in [0.2, 0.25) is 0 Å². The Kier molecular flexibility index (Phi) is 2.19. The van der Waals surface area contributed by atoms with Gasteiger partial charge in [-0.25, -0.2) is 9.97 Å². The summed E-state index contributed by atoms with van der Waals surface area (Å²) in [4.78, 5) is 9.28. The van der Waals surface area contributed by atoms with E-state index < -0.39 is 0 Å². The monoisotopic (exact) mass is 240 g/mol. The molecule has 2 aromatic heterocycles. The van der Waals surface area contributed by atoms with Crippen molar-refractivity contribution in [1.29, 1.82) is 0 Å². The second kappa shape index (κ2) is 3.33. The lowest BCUT2D eigenvalue weighted by Crippen LogP contribution is -1.82. The van der Waals surface area contributed by atoms with Gasteiger partial charge in [0.05, 0.1) is 10.6 Å². The van der Waals surface area contributed by atoms with Crippen LogP contribution in [0.15, 0.2) is 34.5 Å². The molecule has 0 fully saturated rings. The van der Waals surface area contributed by atoms with Gasteiger partial charge in [-0.3, -0.25) is 0 Å². The maximum atomic E-state index is 4.15. The van der Waals surface area contributed by atoms with Gasteiger partial charge in [0.1, 0.15) is 10.9 Å². The molecule has 0 atom stereocenters.